The van der Waals surface area contributed by atoms with Gasteiger partial charge in [0.15, 0.2) is 0 Å². The minimum Gasteiger partial charge on any atom is -0.381 e. The van der Waals surface area contributed by atoms with Crippen molar-refractivity contribution in [3.63, 3.8) is 0 Å². The van der Waals surface area contributed by atoms with Crippen molar-refractivity contribution in [1.82, 2.24) is 4.90 Å². The average molecular weight is 478 g/mol. The van der Waals surface area contributed by atoms with Gasteiger partial charge in [-0.3, -0.25) is 4.79 Å². The predicted octanol–water partition coefficient (Wildman–Crippen LogP) is 4.57. The average Bonchev–Trinajstić information content (AvgIpc) is 3.44. The van der Waals surface area contributed by atoms with Gasteiger partial charge in [0.25, 0.3) is 0 Å². The normalized spacial score (nSPS) is 22.8. The number of alkyl halides is 3. The minimum absolute atomic E-state index is 0.0783. The van der Waals surface area contributed by atoms with Gasteiger partial charge in [-0.25, -0.2) is 0 Å². The lowest BCUT2D eigenvalue weighted by molar-refractivity contribution is -0.138. The molecule has 5 nitrogen and oxygen atoms in total. The highest BCUT2D eigenvalue weighted by Crippen LogP contribution is 2.45. The molecule has 1 amide bonds. The summed E-state index contributed by atoms with van der Waals surface area (Å²) in [5.41, 5.74) is -0.0633. The molecule has 4 rings (SSSR count). The first-order chi connectivity index (χ1) is 15.8. The van der Waals surface area contributed by atoms with Crippen molar-refractivity contribution in [3.05, 3.63) is 51.7 Å². The molecule has 1 aromatic heterocycles. The SMILES string of the molecule is CCOC[C@@]12CCN(C(=O)Cc3ccsc3)C[C@@H]1CN(c1ccc(C#N)c(C(F)(F)F)c1)C2. The standard InChI is InChI=1S/C24H26F3N3O2S/c1-2-32-16-23-6-7-29(22(31)9-17-5-8-33-14-17)12-19(23)13-30(15-23)20-4-3-18(11-28)21(10-20)24(25,26)27/h3-5,8,10,14,19H,2,6-7,9,12-13,15-16H2,1H3/t19-,23+/m1/s1. The number of rotatable bonds is 6. The number of benzene rings is 1. The van der Waals surface area contributed by atoms with E-state index in [-0.39, 0.29) is 22.8 Å². The summed E-state index contributed by atoms with van der Waals surface area (Å²) in [5.74, 6) is 0.170. The number of carbonyl (C=O) groups excluding carboxylic acids is 1. The Bertz CT molecular complexity index is 1030. The lowest BCUT2D eigenvalue weighted by Gasteiger charge is -2.43. The van der Waals surface area contributed by atoms with E-state index in [1.54, 1.807) is 23.5 Å². The monoisotopic (exact) mass is 477 g/mol. The molecule has 2 saturated heterocycles. The first kappa shape index (κ1) is 23.6. The largest absolute Gasteiger partial charge is 0.417 e. The quantitative estimate of drug-likeness (QED) is 0.612. The van der Waals surface area contributed by atoms with Gasteiger partial charge >= 0.3 is 6.18 Å². The van der Waals surface area contributed by atoms with Crippen molar-refractivity contribution in [2.75, 3.05) is 44.3 Å². The van der Waals surface area contributed by atoms with Crippen LogP contribution in [0.1, 0.15) is 30.0 Å². The number of halogens is 3. The Balaban J connectivity index is 1.56. The van der Waals surface area contributed by atoms with Gasteiger partial charge in [-0.2, -0.15) is 29.8 Å². The number of hydrogen-bond donors (Lipinski definition) is 0. The third-order valence-electron chi connectivity index (χ3n) is 6.81. The van der Waals surface area contributed by atoms with Crippen LogP contribution in [0.25, 0.3) is 0 Å². The highest BCUT2D eigenvalue weighted by atomic mass is 32.1. The maximum Gasteiger partial charge on any atom is 0.417 e. The summed E-state index contributed by atoms with van der Waals surface area (Å²) in [7, 11) is 0. The molecule has 2 fully saturated rings. The third kappa shape index (κ3) is 4.87. The molecule has 2 aliphatic rings. The van der Waals surface area contributed by atoms with Crippen LogP contribution < -0.4 is 4.90 Å². The number of likely N-dealkylation sites (tertiary alicyclic amines) is 1. The molecule has 33 heavy (non-hydrogen) atoms. The molecule has 9 heteroatoms. The molecule has 0 spiro atoms. The number of fused-ring (bicyclic) bond motifs is 1. The Morgan fingerprint density at radius 3 is 2.82 bits per heavy atom. The topological polar surface area (TPSA) is 56.6 Å². The van der Waals surface area contributed by atoms with Crippen LogP contribution >= 0.6 is 11.3 Å². The van der Waals surface area contributed by atoms with E-state index < -0.39 is 11.7 Å². The zero-order valence-electron chi connectivity index (χ0n) is 18.4. The fourth-order valence-electron chi connectivity index (χ4n) is 4.99. The molecule has 0 aliphatic carbocycles. The number of nitriles is 1. The minimum atomic E-state index is -4.60. The fourth-order valence-corrected chi connectivity index (χ4v) is 5.66. The summed E-state index contributed by atoms with van der Waals surface area (Å²) in [5, 5.41) is 13.0. The van der Waals surface area contributed by atoms with Crippen molar-refractivity contribution < 1.29 is 22.7 Å². The maximum atomic E-state index is 13.5. The number of thiophene rings is 1. The molecular formula is C24H26F3N3O2S. The third-order valence-corrected chi connectivity index (χ3v) is 7.54. The maximum absolute atomic E-state index is 13.5. The van der Waals surface area contributed by atoms with E-state index >= 15 is 0 Å². The summed E-state index contributed by atoms with van der Waals surface area (Å²) in [4.78, 5) is 16.7. The van der Waals surface area contributed by atoms with Crippen LogP contribution in [0.15, 0.2) is 35.0 Å². The number of nitrogens with zero attached hydrogens (tertiary/aromatic N) is 3. The summed E-state index contributed by atoms with van der Waals surface area (Å²) in [6, 6.07) is 7.49. The Kier molecular flexibility index (Phi) is 6.68. The Morgan fingerprint density at radius 2 is 2.15 bits per heavy atom. The van der Waals surface area contributed by atoms with Crippen LogP contribution in [-0.4, -0.2) is 50.2 Å². The second-order valence-corrected chi connectivity index (χ2v) is 9.59. The fraction of sp³-hybridized carbons (Fsp3) is 0.500. The molecule has 0 radical (unpaired) electrons. The molecule has 0 unspecified atom stereocenters. The van der Waals surface area contributed by atoms with Crippen LogP contribution in [0.2, 0.25) is 0 Å². The predicted molar refractivity (Wildman–Crippen MR) is 120 cm³/mol. The van der Waals surface area contributed by atoms with E-state index in [9.17, 15) is 18.0 Å². The van der Waals surface area contributed by atoms with Crippen molar-refractivity contribution in [2.45, 2.75) is 25.9 Å². The number of carbonyl (C=O) groups is 1. The molecule has 0 bridgehead atoms. The Labute approximate surface area is 195 Å². The number of hydrogen-bond acceptors (Lipinski definition) is 5. The van der Waals surface area contributed by atoms with E-state index in [2.05, 4.69) is 0 Å². The van der Waals surface area contributed by atoms with Crippen LogP contribution in [-0.2, 0) is 22.1 Å². The zero-order valence-corrected chi connectivity index (χ0v) is 19.2. The van der Waals surface area contributed by atoms with Gasteiger partial charge in [-0.05, 0) is 53.9 Å². The van der Waals surface area contributed by atoms with Crippen molar-refractivity contribution in [3.8, 4) is 6.07 Å². The second kappa shape index (κ2) is 9.35. The number of anilines is 1. The van der Waals surface area contributed by atoms with Crippen LogP contribution in [0.4, 0.5) is 18.9 Å². The van der Waals surface area contributed by atoms with Gasteiger partial charge in [0, 0.05) is 49.8 Å². The van der Waals surface area contributed by atoms with E-state index in [1.165, 1.54) is 6.07 Å². The van der Waals surface area contributed by atoms with Gasteiger partial charge in [-0.1, -0.05) is 0 Å². The first-order valence-corrected chi connectivity index (χ1v) is 11.9. The molecule has 176 valence electrons. The van der Waals surface area contributed by atoms with Crippen LogP contribution in [0.5, 0.6) is 0 Å². The van der Waals surface area contributed by atoms with E-state index in [0.717, 1.165) is 18.1 Å². The van der Waals surface area contributed by atoms with Gasteiger partial charge in [0.1, 0.15) is 0 Å². The smallest absolute Gasteiger partial charge is 0.381 e. The highest BCUT2D eigenvalue weighted by Gasteiger charge is 2.50. The number of ether oxygens (including phenoxy) is 1. The highest BCUT2D eigenvalue weighted by molar-refractivity contribution is 7.08. The second-order valence-electron chi connectivity index (χ2n) is 8.81. The molecule has 3 heterocycles. The van der Waals surface area contributed by atoms with Gasteiger partial charge in [0.2, 0.25) is 5.91 Å². The van der Waals surface area contributed by atoms with Crippen LogP contribution in [0.3, 0.4) is 0 Å². The van der Waals surface area contributed by atoms with E-state index in [0.29, 0.717) is 51.5 Å². The first-order valence-electron chi connectivity index (χ1n) is 11.0. The summed E-state index contributed by atoms with van der Waals surface area (Å²) in [6.45, 7) is 5.28. The summed E-state index contributed by atoms with van der Waals surface area (Å²) >= 11 is 1.56. The lowest BCUT2D eigenvalue weighted by atomic mass is 9.73. The van der Waals surface area contributed by atoms with Crippen molar-refractivity contribution in [1.29, 1.82) is 5.26 Å². The zero-order chi connectivity index (χ0) is 23.6. The van der Waals surface area contributed by atoms with Crippen LogP contribution in [0, 0.1) is 22.7 Å². The summed E-state index contributed by atoms with van der Waals surface area (Å²) < 4.78 is 46.3. The van der Waals surface area contributed by atoms with Crippen molar-refractivity contribution in [2.24, 2.45) is 11.3 Å². The molecule has 0 saturated carbocycles. The van der Waals surface area contributed by atoms with Crippen molar-refractivity contribution >= 4 is 22.9 Å². The molecule has 1 aromatic carbocycles. The molecule has 0 N–H and O–H groups in total. The van der Waals surface area contributed by atoms with Gasteiger partial charge in [0.05, 0.1) is 30.2 Å². The molecular weight excluding hydrogens is 451 g/mol. The number of piperidine rings is 1. The van der Waals surface area contributed by atoms with E-state index in [1.807, 2.05) is 33.6 Å². The molecule has 2 atom stereocenters. The summed E-state index contributed by atoms with van der Waals surface area (Å²) in [6.07, 6.45) is -3.49. The lowest BCUT2D eigenvalue weighted by Crippen LogP contribution is -2.51. The van der Waals surface area contributed by atoms with E-state index in [4.69, 9.17) is 10.00 Å². The Morgan fingerprint density at radius 1 is 1.33 bits per heavy atom. The Hall–Kier alpha value is -2.57. The number of amides is 1. The van der Waals surface area contributed by atoms with Gasteiger partial charge in [-0.15, -0.1) is 0 Å². The molecule has 2 aromatic rings. The molecule has 2 aliphatic heterocycles. The van der Waals surface area contributed by atoms with Gasteiger partial charge < -0.3 is 14.5 Å².